The molecule has 0 unspecified atom stereocenters. The molecule has 0 bridgehead atoms. The normalized spacial score (nSPS) is 14.9. The fraction of sp³-hybridized carbons (Fsp3) is 0.348. The van der Waals surface area contributed by atoms with Gasteiger partial charge < -0.3 is 5.32 Å². The Morgan fingerprint density at radius 3 is 2.38 bits per heavy atom. The van der Waals surface area contributed by atoms with E-state index in [2.05, 4.69) is 15.4 Å². The average molecular weight is 454 g/mol. The smallest absolute Gasteiger partial charge is 0.290 e. The van der Waals surface area contributed by atoms with Crippen LogP contribution in [0.25, 0.3) is 5.69 Å². The highest BCUT2D eigenvalue weighted by Gasteiger charge is 2.20. The molecule has 1 aliphatic rings. The van der Waals surface area contributed by atoms with Gasteiger partial charge in [-0.05, 0) is 48.6 Å². The van der Waals surface area contributed by atoms with Crippen LogP contribution in [0, 0.1) is 5.92 Å². The molecule has 1 aromatic heterocycles. The SMILES string of the molecule is NS(=O)(=O)c1ccc(-n2nc(C(=O)NCC3CCCCC3)nc2Cc2ccccc2)cc1. The number of rotatable bonds is 7. The Morgan fingerprint density at radius 2 is 1.72 bits per heavy atom. The first kappa shape index (κ1) is 22.2. The molecule has 8 nitrogen and oxygen atoms in total. The molecular formula is C23H27N5O3S. The third kappa shape index (κ3) is 5.41. The lowest BCUT2D eigenvalue weighted by Crippen LogP contribution is -2.31. The van der Waals surface area contributed by atoms with Crippen molar-refractivity contribution in [1.29, 1.82) is 0 Å². The van der Waals surface area contributed by atoms with Gasteiger partial charge in [-0.25, -0.2) is 23.2 Å². The van der Waals surface area contributed by atoms with Crippen molar-refractivity contribution in [1.82, 2.24) is 20.1 Å². The van der Waals surface area contributed by atoms with Crippen molar-refractivity contribution in [2.75, 3.05) is 6.54 Å². The van der Waals surface area contributed by atoms with Crippen molar-refractivity contribution in [3.05, 3.63) is 71.8 Å². The number of carbonyl (C=O) groups excluding carboxylic acids is 1. The van der Waals surface area contributed by atoms with Gasteiger partial charge in [-0.3, -0.25) is 4.79 Å². The van der Waals surface area contributed by atoms with Gasteiger partial charge >= 0.3 is 0 Å². The molecule has 3 aromatic rings. The lowest BCUT2D eigenvalue weighted by atomic mass is 9.89. The molecule has 1 amide bonds. The zero-order chi connectivity index (χ0) is 22.6. The van der Waals surface area contributed by atoms with E-state index in [9.17, 15) is 13.2 Å². The van der Waals surface area contributed by atoms with Gasteiger partial charge in [0, 0.05) is 13.0 Å². The molecule has 32 heavy (non-hydrogen) atoms. The minimum absolute atomic E-state index is 0.0106. The summed E-state index contributed by atoms with van der Waals surface area (Å²) in [5, 5.41) is 12.6. The van der Waals surface area contributed by atoms with Crippen LogP contribution >= 0.6 is 0 Å². The molecule has 1 fully saturated rings. The maximum atomic E-state index is 12.8. The van der Waals surface area contributed by atoms with Crippen LogP contribution in [-0.4, -0.2) is 35.6 Å². The number of hydrogen-bond donors (Lipinski definition) is 2. The molecule has 0 atom stereocenters. The molecule has 168 valence electrons. The number of nitrogens with one attached hydrogen (secondary N) is 1. The second-order valence-corrected chi connectivity index (χ2v) is 9.74. The largest absolute Gasteiger partial charge is 0.349 e. The van der Waals surface area contributed by atoms with Crippen LogP contribution in [0.2, 0.25) is 0 Å². The fourth-order valence-corrected chi connectivity index (χ4v) is 4.54. The van der Waals surface area contributed by atoms with Gasteiger partial charge in [0.25, 0.3) is 5.91 Å². The number of hydrogen-bond acceptors (Lipinski definition) is 5. The summed E-state index contributed by atoms with van der Waals surface area (Å²) in [5.74, 6) is 0.888. The highest BCUT2D eigenvalue weighted by atomic mass is 32.2. The Labute approximate surface area is 187 Å². The molecule has 1 saturated carbocycles. The van der Waals surface area contributed by atoms with E-state index >= 15 is 0 Å². The van der Waals surface area contributed by atoms with Crippen molar-refractivity contribution in [2.45, 2.75) is 43.4 Å². The summed E-state index contributed by atoms with van der Waals surface area (Å²) in [5.41, 5.74) is 1.62. The molecule has 0 radical (unpaired) electrons. The van der Waals surface area contributed by atoms with Gasteiger partial charge in [-0.1, -0.05) is 49.6 Å². The third-order valence-electron chi connectivity index (χ3n) is 5.77. The maximum absolute atomic E-state index is 12.8. The highest BCUT2D eigenvalue weighted by Crippen LogP contribution is 2.23. The third-order valence-corrected chi connectivity index (χ3v) is 6.70. The van der Waals surface area contributed by atoms with Crippen LogP contribution in [0.1, 0.15) is 54.1 Å². The van der Waals surface area contributed by atoms with Gasteiger partial charge in [0.2, 0.25) is 15.8 Å². The molecule has 2 aromatic carbocycles. The monoisotopic (exact) mass is 453 g/mol. The van der Waals surface area contributed by atoms with E-state index in [-0.39, 0.29) is 16.6 Å². The first-order valence-corrected chi connectivity index (χ1v) is 12.4. The molecular weight excluding hydrogens is 426 g/mol. The molecule has 3 N–H and O–H groups in total. The fourth-order valence-electron chi connectivity index (χ4n) is 4.02. The second kappa shape index (κ2) is 9.62. The Hall–Kier alpha value is -3.04. The summed E-state index contributed by atoms with van der Waals surface area (Å²) in [4.78, 5) is 17.3. The quantitative estimate of drug-likeness (QED) is 0.570. The van der Waals surface area contributed by atoms with Gasteiger partial charge in [0.05, 0.1) is 10.6 Å². The van der Waals surface area contributed by atoms with Gasteiger partial charge in [-0.2, -0.15) is 0 Å². The first-order valence-electron chi connectivity index (χ1n) is 10.8. The first-order chi connectivity index (χ1) is 15.4. The number of nitrogens with zero attached hydrogens (tertiary/aromatic N) is 3. The zero-order valence-electron chi connectivity index (χ0n) is 17.8. The molecule has 9 heteroatoms. The number of nitrogens with two attached hydrogens (primary N) is 1. The average Bonchev–Trinajstić information content (AvgIpc) is 3.22. The predicted octanol–water partition coefficient (Wildman–Crippen LogP) is 2.82. The van der Waals surface area contributed by atoms with Crippen LogP contribution in [0.3, 0.4) is 0 Å². The van der Waals surface area contributed by atoms with Crippen LogP contribution < -0.4 is 10.5 Å². The van der Waals surface area contributed by atoms with Crippen LogP contribution in [0.15, 0.2) is 59.5 Å². The van der Waals surface area contributed by atoms with E-state index in [1.165, 1.54) is 31.4 Å². The van der Waals surface area contributed by atoms with E-state index in [0.717, 1.165) is 18.4 Å². The minimum atomic E-state index is -3.80. The summed E-state index contributed by atoms with van der Waals surface area (Å²) < 4.78 is 24.7. The van der Waals surface area contributed by atoms with Gasteiger partial charge in [0.1, 0.15) is 5.82 Å². The van der Waals surface area contributed by atoms with Gasteiger partial charge in [0.15, 0.2) is 0 Å². The van der Waals surface area contributed by atoms with Crippen molar-refractivity contribution >= 4 is 15.9 Å². The number of aromatic nitrogens is 3. The summed E-state index contributed by atoms with van der Waals surface area (Å²) in [6.07, 6.45) is 6.44. The molecule has 0 aliphatic heterocycles. The van der Waals surface area contributed by atoms with E-state index in [4.69, 9.17) is 5.14 Å². The zero-order valence-corrected chi connectivity index (χ0v) is 18.6. The van der Waals surface area contributed by atoms with Crippen molar-refractivity contribution in [2.24, 2.45) is 11.1 Å². The number of carbonyl (C=O) groups is 1. The van der Waals surface area contributed by atoms with Crippen molar-refractivity contribution < 1.29 is 13.2 Å². The van der Waals surface area contributed by atoms with Crippen LogP contribution in [-0.2, 0) is 16.4 Å². The Morgan fingerprint density at radius 1 is 1.03 bits per heavy atom. The number of sulfonamides is 1. The van der Waals surface area contributed by atoms with Crippen molar-refractivity contribution in [3.8, 4) is 5.69 Å². The minimum Gasteiger partial charge on any atom is -0.349 e. The molecule has 4 rings (SSSR count). The van der Waals surface area contributed by atoms with Gasteiger partial charge in [-0.15, -0.1) is 5.10 Å². The Kier molecular flexibility index (Phi) is 6.66. The van der Waals surface area contributed by atoms with E-state index < -0.39 is 10.0 Å². The van der Waals surface area contributed by atoms with E-state index in [1.54, 1.807) is 16.8 Å². The Balaban J connectivity index is 1.60. The van der Waals surface area contributed by atoms with E-state index in [0.29, 0.717) is 30.4 Å². The second-order valence-electron chi connectivity index (χ2n) is 8.18. The Bertz CT molecular complexity index is 1170. The molecule has 1 heterocycles. The number of benzene rings is 2. The number of primary sulfonamides is 1. The summed E-state index contributed by atoms with van der Waals surface area (Å²) >= 11 is 0. The lowest BCUT2D eigenvalue weighted by Gasteiger charge is -2.21. The standard InChI is InChI=1S/C23H27N5O3S/c24-32(30,31)20-13-11-19(12-14-20)28-21(15-17-7-3-1-4-8-17)26-22(27-28)23(29)25-16-18-9-5-2-6-10-18/h1,3-4,7-8,11-14,18H,2,5-6,9-10,15-16H2,(H,25,29)(H2,24,30,31). The number of amides is 1. The maximum Gasteiger partial charge on any atom is 0.290 e. The van der Waals surface area contributed by atoms with Crippen LogP contribution in [0.4, 0.5) is 0 Å². The highest BCUT2D eigenvalue weighted by molar-refractivity contribution is 7.89. The molecule has 0 spiro atoms. The summed E-state index contributed by atoms with van der Waals surface area (Å²) in [7, 11) is -3.80. The van der Waals surface area contributed by atoms with Crippen molar-refractivity contribution in [3.63, 3.8) is 0 Å². The van der Waals surface area contributed by atoms with E-state index in [1.807, 2.05) is 30.3 Å². The van der Waals surface area contributed by atoms with Crippen LogP contribution in [0.5, 0.6) is 0 Å². The summed E-state index contributed by atoms with van der Waals surface area (Å²) in [6, 6.07) is 15.8. The molecule has 1 aliphatic carbocycles. The molecule has 0 saturated heterocycles. The predicted molar refractivity (Wildman–Crippen MR) is 121 cm³/mol. The summed E-state index contributed by atoms with van der Waals surface area (Å²) in [6.45, 7) is 0.629. The topological polar surface area (TPSA) is 120 Å². The lowest BCUT2D eigenvalue weighted by molar-refractivity contribution is 0.0933.